The van der Waals surface area contributed by atoms with Crippen molar-refractivity contribution in [3.8, 4) is 0 Å². The average Bonchev–Trinajstić information content (AvgIpc) is 2.57. The van der Waals surface area contributed by atoms with Crippen molar-refractivity contribution in [3.05, 3.63) is 30.1 Å². The topological polar surface area (TPSA) is 40.7 Å². The van der Waals surface area contributed by atoms with E-state index in [2.05, 4.69) is 27.7 Å². The maximum Gasteiger partial charge on any atom is 0.0490 e. The average molecular weight is 165 g/mol. The molecule has 0 amide bonds. The van der Waals surface area contributed by atoms with Crippen LogP contribution in [0.25, 0.3) is 0 Å². The Morgan fingerprint density at radius 2 is 2.58 bits per heavy atom. The van der Waals surface area contributed by atoms with E-state index in [0.717, 1.165) is 25.2 Å². The molecule has 0 bridgehead atoms. The lowest BCUT2D eigenvalue weighted by atomic mass is 10.3. The molecule has 2 N–H and O–H groups in total. The largest absolute Gasteiger partial charge is 0.311 e. The van der Waals surface area contributed by atoms with Crippen LogP contribution in [0.4, 0.5) is 0 Å². The van der Waals surface area contributed by atoms with Crippen molar-refractivity contribution in [1.29, 1.82) is 0 Å². The van der Waals surface area contributed by atoms with Crippen LogP contribution in [0, 0.1) is 0 Å². The predicted octanol–water partition coefficient (Wildman–Crippen LogP) is 1.47. The number of nitrogens with zero attached hydrogens (tertiary/aromatic N) is 1. The SMILES string of the molecule is C/C=C/CCNCc1ccn[nH]1. The van der Waals surface area contributed by atoms with Gasteiger partial charge in [0.25, 0.3) is 0 Å². The standard InChI is InChI=1S/C9H15N3/c1-2-3-4-6-10-8-9-5-7-11-12-9/h2-3,5,7,10H,4,6,8H2,1H3,(H,11,12)/b3-2+. The zero-order valence-corrected chi connectivity index (χ0v) is 7.38. The molecular weight excluding hydrogens is 150 g/mol. The van der Waals surface area contributed by atoms with Gasteiger partial charge >= 0.3 is 0 Å². The van der Waals surface area contributed by atoms with Crippen LogP contribution in [-0.2, 0) is 6.54 Å². The van der Waals surface area contributed by atoms with Crippen molar-refractivity contribution in [2.45, 2.75) is 19.9 Å². The van der Waals surface area contributed by atoms with Gasteiger partial charge in [-0.1, -0.05) is 12.2 Å². The zero-order valence-electron chi connectivity index (χ0n) is 7.38. The first kappa shape index (κ1) is 9.00. The lowest BCUT2D eigenvalue weighted by Gasteiger charge is -1.98. The van der Waals surface area contributed by atoms with E-state index in [1.807, 2.05) is 13.0 Å². The Hall–Kier alpha value is -1.09. The zero-order chi connectivity index (χ0) is 8.65. The van der Waals surface area contributed by atoms with E-state index in [1.54, 1.807) is 6.20 Å². The number of aromatic amines is 1. The third-order valence-electron chi connectivity index (χ3n) is 1.60. The first-order chi connectivity index (χ1) is 5.93. The van der Waals surface area contributed by atoms with Gasteiger partial charge < -0.3 is 5.32 Å². The Morgan fingerprint density at radius 3 is 3.25 bits per heavy atom. The van der Waals surface area contributed by atoms with Crippen LogP contribution in [0.1, 0.15) is 19.0 Å². The number of aromatic nitrogens is 2. The highest BCUT2D eigenvalue weighted by Crippen LogP contribution is 1.89. The quantitative estimate of drug-likeness (QED) is 0.512. The van der Waals surface area contributed by atoms with Crippen LogP contribution in [0.2, 0.25) is 0 Å². The van der Waals surface area contributed by atoms with E-state index < -0.39 is 0 Å². The minimum atomic E-state index is 0.873. The second kappa shape index (κ2) is 5.55. The molecular formula is C9H15N3. The second-order valence-corrected chi connectivity index (χ2v) is 2.62. The van der Waals surface area contributed by atoms with E-state index in [9.17, 15) is 0 Å². The number of hydrogen-bond donors (Lipinski definition) is 2. The summed E-state index contributed by atoms with van der Waals surface area (Å²) in [6.45, 7) is 3.93. The number of rotatable bonds is 5. The summed E-state index contributed by atoms with van der Waals surface area (Å²) in [7, 11) is 0. The summed E-state index contributed by atoms with van der Waals surface area (Å²) in [6, 6.07) is 1.97. The van der Waals surface area contributed by atoms with Crippen LogP contribution in [0.3, 0.4) is 0 Å². The first-order valence-corrected chi connectivity index (χ1v) is 4.23. The van der Waals surface area contributed by atoms with Crippen LogP contribution in [-0.4, -0.2) is 16.7 Å². The van der Waals surface area contributed by atoms with Gasteiger partial charge in [0.15, 0.2) is 0 Å². The van der Waals surface area contributed by atoms with Crippen LogP contribution in [0.15, 0.2) is 24.4 Å². The molecule has 0 radical (unpaired) electrons. The molecule has 0 aliphatic rings. The lowest BCUT2D eigenvalue weighted by Crippen LogP contribution is -2.14. The van der Waals surface area contributed by atoms with Crippen LogP contribution < -0.4 is 5.32 Å². The molecule has 1 heterocycles. The van der Waals surface area contributed by atoms with Crippen LogP contribution in [0.5, 0.6) is 0 Å². The molecule has 3 heteroatoms. The minimum Gasteiger partial charge on any atom is -0.311 e. The molecule has 0 saturated carbocycles. The molecule has 0 spiro atoms. The maximum atomic E-state index is 3.86. The van der Waals surface area contributed by atoms with Gasteiger partial charge in [-0.25, -0.2) is 0 Å². The van der Waals surface area contributed by atoms with Crippen molar-refractivity contribution >= 4 is 0 Å². The number of hydrogen-bond acceptors (Lipinski definition) is 2. The second-order valence-electron chi connectivity index (χ2n) is 2.62. The van der Waals surface area contributed by atoms with Gasteiger partial charge in [-0.15, -0.1) is 0 Å². The summed E-state index contributed by atoms with van der Waals surface area (Å²) >= 11 is 0. The van der Waals surface area contributed by atoms with Gasteiger partial charge in [0.1, 0.15) is 0 Å². The molecule has 0 aliphatic carbocycles. The first-order valence-electron chi connectivity index (χ1n) is 4.23. The van der Waals surface area contributed by atoms with Gasteiger partial charge in [0.2, 0.25) is 0 Å². The monoisotopic (exact) mass is 165 g/mol. The maximum absolute atomic E-state index is 3.86. The molecule has 0 atom stereocenters. The molecule has 0 fully saturated rings. The number of nitrogens with one attached hydrogen (secondary N) is 2. The van der Waals surface area contributed by atoms with E-state index in [1.165, 1.54) is 0 Å². The van der Waals surface area contributed by atoms with Crippen molar-refractivity contribution in [1.82, 2.24) is 15.5 Å². The van der Waals surface area contributed by atoms with Gasteiger partial charge in [0.05, 0.1) is 0 Å². The summed E-state index contributed by atoms with van der Waals surface area (Å²) < 4.78 is 0. The molecule has 0 aromatic carbocycles. The fraction of sp³-hybridized carbons (Fsp3) is 0.444. The van der Waals surface area contributed by atoms with Gasteiger partial charge in [-0.3, -0.25) is 5.10 Å². The molecule has 66 valence electrons. The van der Waals surface area contributed by atoms with Crippen molar-refractivity contribution in [2.24, 2.45) is 0 Å². The Labute approximate surface area is 72.9 Å². The van der Waals surface area contributed by atoms with E-state index in [4.69, 9.17) is 0 Å². The van der Waals surface area contributed by atoms with Gasteiger partial charge in [-0.2, -0.15) is 5.10 Å². The van der Waals surface area contributed by atoms with Crippen molar-refractivity contribution in [3.63, 3.8) is 0 Å². The van der Waals surface area contributed by atoms with Gasteiger partial charge in [-0.05, 0) is 26.0 Å². The number of allylic oxidation sites excluding steroid dienone is 1. The van der Waals surface area contributed by atoms with E-state index >= 15 is 0 Å². The highest BCUT2D eigenvalue weighted by atomic mass is 15.1. The Balaban J connectivity index is 2.03. The summed E-state index contributed by atoms with van der Waals surface area (Å²) in [6.07, 6.45) is 7.07. The predicted molar refractivity (Wildman–Crippen MR) is 49.7 cm³/mol. The summed E-state index contributed by atoms with van der Waals surface area (Å²) in [5, 5.41) is 10.1. The Morgan fingerprint density at radius 1 is 1.67 bits per heavy atom. The molecule has 3 nitrogen and oxygen atoms in total. The normalized spacial score (nSPS) is 11.1. The summed E-state index contributed by atoms with van der Waals surface area (Å²) in [5.74, 6) is 0. The van der Waals surface area contributed by atoms with E-state index in [-0.39, 0.29) is 0 Å². The van der Waals surface area contributed by atoms with E-state index in [0.29, 0.717) is 0 Å². The molecule has 1 rings (SSSR count). The molecule has 0 unspecified atom stereocenters. The molecule has 0 saturated heterocycles. The highest BCUT2D eigenvalue weighted by Gasteiger charge is 1.90. The lowest BCUT2D eigenvalue weighted by molar-refractivity contribution is 0.680. The Bertz CT molecular complexity index is 214. The van der Waals surface area contributed by atoms with Crippen LogP contribution >= 0.6 is 0 Å². The minimum absolute atomic E-state index is 0.873. The number of H-pyrrole nitrogens is 1. The van der Waals surface area contributed by atoms with Gasteiger partial charge in [0, 0.05) is 18.4 Å². The van der Waals surface area contributed by atoms with Crippen molar-refractivity contribution < 1.29 is 0 Å². The van der Waals surface area contributed by atoms with Crippen molar-refractivity contribution in [2.75, 3.05) is 6.54 Å². The summed E-state index contributed by atoms with van der Waals surface area (Å²) in [4.78, 5) is 0. The molecule has 12 heavy (non-hydrogen) atoms. The molecule has 1 aromatic heterocycles. The fourth-order valence-electron chi connectivity index (χ4n) is 0.958. The molecule has 1 aromatic rings. The smallest absolute Gasteiger partial charge is 0.0490 e. The molecule has 0 aliphatic heterocycles. The third kappa shape index (κ3) is 3.34. The highest BCUT2D eigenvalue weighted by molar-refractivity contribution is 4.96. The third-order valence-corrected chi connectivity index (χ3v) is 1.60. The summed E-state index contributed by atoms with van der Waals surface area (Å²) in [5.41, 5.74) is 1.13. The fourth-order valence-corrected chi connectivity index (χ4v) is 0.958. The Kier molecular flexibility index (Phi) is 4.16.